The van der Waals surface area contributed by atoms with Gasteiger partial charge in [0.25, 0.3) is 0 Å². The third kappa shape index (κ3) is 3.16. The molecule has 1 heterocycles. The van der Waals surface area contributed by atoms with E-state index >= 15 is 0 Å². The maximum Gasteiger partial charge on any atom is 0.123 e. The van der Waals surface area contributed by atoms with Gasteiger partial charge in [0.05, 0.1) is 12.5 Å². The average Bonchev–Trinajstić information content (AvgIpc) is 2.97. The van der Waals surface area contributed by atoms with Gasteiger partial charge in [-0.15, -0.1) is 0 Å². The van der Waals surface area contributed by atoms with E-state index in [0.29, 0.717) is 0 Å². The minimum Gasteiger partial charge on any atom is -0.772 e. The molecule has 1 aromatic heterocycles. The number of halogens is 1. The Morgan fingerprint density at radius 1 is 0.909 bits per heavy atom. The highest BCUT2D eigenvalue weighted by Gasteiger charge is 2.10. The summed E-state index contributed by atoms with van der Waals surface area (Å²) < 4.78 is 39.7. The summed E-state index contributed by atoms with van der Waals surface area (Å²) in [6.07, 6.45) is 3.24. The van der Waals surface area contributed by atoms with E-state index in [2.05, 4.69) is 0 Å². The summed E-state index contributed by atoms with van der Waals surface area (Å²) in [5.74, 6) is -0.292. The Kier molecular flexibility index (Phi) is 4.18. The average molecular weight is 315 g/mol. The standard InChI is InChI=1S/C17H13FO3S/c18-15-7-5-14(6-8-15)17-10-21-9-16(17)13-3-1-12(2-4-13)11-22(19)20/h1-10H,11H2,(H,19,20)/p-1. The smallest absolute Gasteiger partial charge is 0.123 e. The first-order valence-electron chi connectivity index (χ1n) is 6.61. The predicted molar refractivity (Wildman–Crippen MR) is 82.2 cm³/mol. The third-order valence-corrected chi connectivity index (χ3v) is 3.94. The van der Waals surface area contributed by atoms with Crippen LogP contribution in [0.15, 0.2) is 65.5 Å². The maximum absolute atomic E-state index is 13.0. The molecule has 0 aliphatic rings. The lowest BCUT2D eigenvalue weighted by atomic mass is 9.98. The number of furan rings is 1. The van der Waals surface area contributed by atoms with Gasteiger partial charge in [-0.1, -0.05) is 47.5 Å². The second-order valence-electron chi connectivity index (χ2n) is 4.85. The molecule has 0 fully saturated rings. The zero-order valence-electron chi connectivity index (χ0n) is 11.5. The molecular formula is C17H12FO3S-. The van der Waals surface area contributed by atoms with Gasteiger partial charge < -0.3 is 8.97 Å². The van der Waals surface area contributed by atoms with Crippen molar-refractivity contribution in [2.45, 2.75) is 5.75 Å². The Morgan fingerprint density at radius 2 is 1.41 bits per heavy atom. The van der Waals surface area contributed by atoms with Crippen LogP contribution in [0.4, 0.5) is 4.39 Å². The van der Waals surface area contributed by atoms with E-state index in [4.69, 9.17) is 4.42 Å². The van der Waals surface area contributed by atoms with E-state index in [1.807, 2.05) is 12.1 Å². The van der Waals surface area contributed by atoms with Crippen molar-refractivity contribution < 1.29 is 17.6 Å². The Balaban J connectivity index is 1.94. The van der Waals surface area contributed by atoms with E-state index in [-0.39, 0.29) is 11.6 Å². The fourth-order valence-corrected chi connectivity index (χ4v) is 2.75. The third-order valence-electron chi connectivity index (χ3n) is 3.37. The lowest BCUT2D eigenvalue weighted by Crippen LogP contribution is -1.92. The first-order chi connectivity index (χ1) is 10.6. The molecule has 1 atom stereocenters. The zero-order valence-corrected chi connectivity index (χ0v) is 12.3. The Morgan fingerprint density at radius 3 is 1.91 bits per heavy atom. The second kappa shape index (κ2) is 6.25. The first-order valence-corrected chi connectivity index (χ1v) is 7.85. The summed E-state index contributed by atoms with van der Waals surface area (Å²) in [5, 5.41) is 0. The summed E-state index contributed by atoms with van der Waals surface area (Å²) in [7, 11) is 0. The normalized spacial score (nSPS) is 12.3. The van der Waals surface area contributed by atoms with Crippen LogP contribution in [-0.4, -0.2) is 8.76 Å². The van der Waals surface area contributed by atoms with E-state index in [1.165, 1.54) is 12.1 Å². The van der Waals surface area contributed by atoms with Crippen molar-refractivity contribution in [3.63, 3.8) is 0 Å². The van der Waals surface area contributed by atoms with Crippen LogP contribution in [0.2, 0.25) is 0 Å². The zero-order chi connectivity index (χ0) is 15.5. The van der Waals surface area contributed by atoms with Gasteiger partial charge in [-0.2, -0.15) is 0 Å². The molecule has 3 rings (SSSR count). The van der Waals surface area contributed by atoms with E-state index in [0.717, 1.165) is 27.8 Å². The van der Waals surface area contributed by atoms with E-state index < -0.39 is 11.1 Å². The highest BCUT2D eigenvalue weighted by Crippen LogP contribution is 2.33. The van der Waals surface area contributed by atoms with Gasteiger partial charge in [0, 0.05) is 16.9 Å². The number of hydrogen-bond acceptors (Lipinski definition) is 3. The molecule has 3 aromatic rings. The van der Waals surface area contributed by atoms with Crippen LogP contribution in [0.5, 0.6) is 0 Å². The second-order valence-corrected chi connectivity index (χ2v) is 5.75. The van der Waals surface area contributed by atoms with Crippen molar-refractivity contribution in [2.24, 2.45) is 0 Å². The molecule has 0 bridgehead atoms. The van der Waals surface area contributed by atoms with Crippen LogP contribution >= 0.6 is 0 Å². The Hall–Kier alpha value is -2.24. The fraction of sp³-hybridized carbons (Fsp3) is 0.0588. The molecule has 0 N–H and O–H groups in total. The van der Waals surface area contributed by atoms with Crippen LogP contribution in [0.1, 0.15) is 5.56 Å². The maximum atomic E-state index is 13.0. The molecule has 0 radical (unpaired) electrons. The highest BCUT2D eigenvalue weighted by molar-refractivity contribution is 7.78. The van der Waals surface area contributed by atoms with Gasteiger partial charge in [-0.25, -0.2) is 4.39 Å². The van der Waals surface area contributed by atoms with Crippen molar-refractivity contribution in [1.82, 2.24) is 0 Å². The quantitative estimate of drug-likeness (QED) is 0.680. The SMILES string of the molecule is O=S([O-])Cc1ccc(-c2cocc2-c2ccc(F)cc2)cc1. The van der Waals surface area contributed by atoms with Gasteiger partial charge in [0.2, 0.25) is 0 Å². The monoisotopic (exact) mass is 315 g/mol. The molecule has 5 heteroatoms. The number of benzene rings is 2. The van der Waals surface area contributed by atoms with Crippen LogP contribution in [0.3, 0.4) is 0 Å². The van der Waals surface area contributed by atoms with Crippen LogP contribution in [-0.2, 0) is 16.8 Å². The van der Waals surface area contributed by atoms with Gasteiger partial charge >= 0.3 is 0 Å². The van der Waals surface area contributed by atoms with Crippen LogP contribution in [0, 0.1) is 5.82 Å². The largest absolute Gasteiger partial charge is 0.772 e. The minimum atomic E-state index is -2.10. The number of rotatable bonds is 4. The summed E-state index contributed by atoms with van der Waals surface area (Å²) in [5.41, 5.74) is 4.23. The molecule has 0 saturated heterocycles. The Labute approximate surface area is 129 Å². The number of hydrogen-bond donors (Lipinski definition) is 0. The molecule has 0 spiro atoms. The van der Waals surface area contributed by atoms with Gasteiger partial charge in [0.15, 0.2) is 0 Å². The van der Waals surface area contributed by atoms with Gasteiger partial charge in [-0.3, -0.25) is 4.21 Å². The highest BCUT2D eigenvalue weighted by atomic mass is 32.2. The summed E-state index contributed by atoms with van der Waals surface area (Å²) in [4.78, 5) is 0. The van der Waals surface area contributed by atoms with Crippen molar-refractivity contribution in [3.8, 4) is 22.3 Å². The molecule has 0 aliphatic heterocycles. The van der Waals surface area contributed by atoms with Crippen molar-refractivity contribution >= 4 is 11.1 Å². The van der Waals surface area contributed by atoms with E-state index in [1.54, 1.807) is 36.8 Å². The van der Waals surface area contributed by atoms with Crippen LogP contribution < -0.4 is 0 Å². The molecule has 2 aromatic carbocycles. The molecule has 1 unspecified atom stereocenters. The topological polar surface area (TPSA) is 53.3 Å². The summed E-state index contributed by atoms with van der Waals surface area (Å²) in [6, 6.07) is 13.4. The first kappa shape index (κ1) is 14.7. The fourth-order valence-electron chi connectivity index (χ4n) is 2.29. The van der Waals surface area contributed by atoms with Crippen molar-refractivity contribution in [2.75, 3.05) is 0 Å². The lowest BCUT2D eigenvalue weighted by Gasteiger charge is -2.07. The van der Waals surface area contributed by atoms with Crippen LogP contribution in [0.25, 0.3) is 22.3 Å². The lowest BCUT2D eigenvalue weighted by molar-refractivity contribution is 0.536. The Bertz CT molecular complexity index is 792. The van der Waals surface area contributed by atoms with E-state index in [9.17, 15) is 13.2 Å². The molecule has 3 nitrogen and oxygen atoms in total. The molecule has 0 amide bonds. The molecule has 0 aliphatic carbocycles. The van der Waals surface area contributed by atoms with Crippen molar-refractivity contribution in [3.05, 3.63) is 72.4 Å². The molecular weight excluding hydrogens is 303 g/mol. The molecule has 22 heavy (non-hydrogen) atoms. The predicted octanol–water partition coefficient (Wildman–Crippen LogP) is 4.13. The minimum absolute atomic E-state index is 0.00349. The van der Waals surface area contributed by atoms with Gasteiger partial charge in [0.1, 0.15) is 5.82 Å². The summed E-state index contributed by atoms with van der Waals surface area (Å²) in [6.45, 7) is 0. The molecule has 112 valence electrons. The summed E-state index contributed by atoms with van der Waals surface area (Å²) >= 11 is -2.10. The molecule has 0 saturated carbocycles. The van der Waals surface area contributed by atoms with Crippen molar-refractivity contribution in [1.29, 1.82) is 0 Å². The van der Waals surface area contributed by atoms with Gasteiger partial charge in [-0.05, 0) is 28.8 Å².